The van der Waals surface area contributed by atoms with E-state index in [0.29, 0.717) is 5.56 Å². The van der Waals surface area contributed by atoms with E-state index in [4.69, 9.17) is 5.11 Å². The minimum atomic E-state index is -1.03. The summed E-state index contributed by atoms with van der Waals surface area (Å²) in [4.78, 5) is 12.8. The zero-order valence-corrected chi connectivity index (χ0v) is 12.4. The van der Waals surface area contributed by atoms with E-state index in [0.717, 1.165) is 43.6 Å². The topological polar surface area (TPSA) is 40.5 Å². The monoisotopic (exact) mass is 291 g/mol. The molecule has 0 radical (unpaired) electrons. The highest BCUT2D eigenvalue weighted by Gasteiger charge is 2.16. The molecular formula is C17H22FNO2. The maximum Gasteiger partial charge on any atom is 0.328 e. The molecule has 3 nitrogen and oxygen atoms in total. The third-order valence-electron chi connectivity index (χ3n) is 4.11. The predicted octanol–water partition coefficient (Wildman–Crippen LogP) is 3.94. The van der Waals surface area contributed by atoms with Crippen molar-refractivity contribution < 1.29 is 14.3 Å². The van der Waals surface area contributed by atoms with Crippen molar-refractivity contribution in [2.75, 3.05) is 18.0 Å². The van der Waals surface area contributed by atoms with Gasteiger partial charge in [-0.05, 0) is 55.0 Å². The molecule has 1 aromatic rings. The van der Waals surface area contributed by atoms with E-state index in [-0.39, 0.29) is 5.82 Å². The van der Waals surface area contributed by atoms with Gasteiger partial charge in [0.05, 0.1) is 0 Å². The molecule has 0 spiro atoms. The zero-order valence-electron chi connectivity index (χ0n) is 12.4. The van der Waals surface area contributed by atoms with Gasteiger partial charge in [0.25, 0.3) is 0 Å². The fourth-order valence-corrected chi connectivity index (χ4v) is 2.87. The van der Waals surface area contributed by atoms with Crippen molar-refractivity contribution in [1.29, 1.82) is 0 Å². The van der Waals surface area contributed by atoms with Crippen LogP contribution in [0, 0.1) is 11.7 Å². The van der Waals surface area contributed by atoms with E-state index in [1.807, 2.05) is 6.07 Å². The van der Waals surface area contributed by atoms with Gasteiger partial charge in [-0.2, -0.15) is 0 Å². The van der Waals surface area contributed by atoms with Crippen molar-refractivity contribution in [2.24, 2.45) is 5.92 Å². The van der Waals surface area contributed by atoms with E-state index in [1.165, 1.54) is 31.1 Å². The molecular weight excluding hydrogens is 269 g/mol. The Kier molecular flexibility index (Phi) is 5.37. The molecule has 1 aromatic carbocycles. The highest BCUT2D eigenvalue weighted by molar-refractivity contribution is 5.85. The number of carboxylic acid groups (broad SMARTS) is 1. The fourth-order valence-electron chi connectivity index (χ4n) is 2.87. The first-order chi connectivity index (χ1) is 10.1. The third kappa shape index (κ3) is 4.59. The zero-order chi connectivity index (χ0) is 15.2. The number of rotatable bonds is 4. The largest absolute Gasteiger partial charge is 0.478 e. The molecule has 1 aliphatic heterocycles. The normalized spacial score (nSPS) is 19.7. The minimum absolute atomic E-state index is 0.325. The number of hydrogen-bond donors (Lipinski definition) is 1. The summed E-state index contributed by atoms with van der Waals surface area (Å²) < 4.78 is 13.7. The van der Waals surface area contributed by atoms with Crippen LogP contribution >= 0.6 is 0 Å². The molecule has 0 aliphatic carbocycles. The van der Waals surface area contributed by atoms with E-state index in [9.17, 15) is 9.18 Å². The Bertz CT molecular complexity index is 528. The molecule has 1 fully saturated rings. The van der Waals surface area contributed by atoms with Crippen molar-refractivity contribution in [3.05, 3.63) is 35.7 Å². The van der Waals surface area contributed by atoms with Crippen LogP contribution in [0.15, 0.2) is 24.3 Å². The molecule has 0 amide bonds. The SMILES string of the molecule is CCC1CCCN(c2cc(F)cc(/C=C/C(=O)O)c2)CC1. The van der Waals surface area contributed by atoms with Crippen molar-refractivity contribution >= 4 is 17.7 Å². The van der Waals surface area contributed by atoms with Crippen LogP contribution in [0.1, 0.15) is 38.2 Å². The summed E-state index contributed by atoms with van der Waals surface area (Å²) in [5, 5.41) is 8.66. The smallest absolute Gasteiger partial charge is 0.328 e. The minimum Gasteiger partial charge on any atom is -0.478 e. The number of hydrogen-bond acceptors (Lipinski definition) is 2. The van der Waals surface area contributed by atoms with Gasteiger partial charge in [-0.25, -0.2) is 9.18 Å². The maximum absolute atomic E-state index is 13.7. The van der Waals surface area contributed by atoms with E-state index in [2.05, 4.69) is 11.8 Å². The maximum atomic E-state index is 13.7. The van der Waals surface area contributed by atoms with E-state index in [1.54, 1.807) is 0 Å². The standard InChI is InChI=1S/C17H22FNO2/c1-2-13-4-3-8-19(9-7-13)16-11-14(5-6-17(20)21)10-15(18)12-16/h5-6,10-13H,2-4,7-9H2,1H3,(H,20,21)/b6-5+. The lowest BCUT2D eigenvalue weighted by Crippen LogP contribution is -2.24. The van der Waals surface area contributed by atoms with E-state index < -0.39 is 5.97 Å². The molecule has 1 saturated heterocycles. The summed E-state index contributed by atoms with van der Waals surface area (Å²) in [7, 11) is 0. The second-order valence-corrected chi connectivity index (χ2v) is 5.61. The molecule has 114 valence electrons. The van der Waals surface area contributed by atoms with Crippen LogP contribution in [0.3, 0.4) is 0 Å². The van der Waals surface area contributed by atoms with Gasteiger partial charge in [0.15, 0.2) is 0 Å². The lowest BCUT2D eigenvalue weighted by atomic mass is 9.98. The average molecular weight is 291 g/mol. The molecule has 21 heavy (non-hydrogen) atoms. The van der Waals surface area contributed by atoms with Gasteiger partial charge in [-0.15, -0.1) is 0 Å². The van der Waals surface area contributed by atoms with Gasteiger partial charge in [0.1, 0.15) is 5.82 Å². The number of aliphatic carboxylic acids is 1. The molecule has 0 bridgehead atoms. The van der Waals surface area contributed by atoms with Crippen molar-refractivity contribution in [3.63, 3.8) is 0 Å². The summed E-state index contributed by atoms with van der Waals surface area (Å²) >= 11 is 0. The lowest BCUT2D eigenvalue weighted by Gasteiger charge is -2.23. The first-order valence-corrected chi connectivity index (χ1v) is 7.55. The highest BCUT2D eigenvalue weighted by atomic mass is 19.1. The Hall–Kier alpha value is -1.84. The Morgan fingerprint density at radius 3 is 2.90 bits per heavy atom. The van der Waals surface area contributed by atoms with Crippen molar-refractivity contribution in [1.82, 2.24) is 0 Å². The third-order valence-corrected chi connectivity index (χ3v) is 4.11. The van der Waals surface area contributed by atoms with Crippen LogP contribution in [-0.4, -0.2) is 24.2 Å². The quantitative estimate of drug-likeness (QED) is 0.854. The highest BCUT2D eigenvalue weighted by Crippen LogP contribution is 2.26. The summed E-state index contributed by atoms with van der Waals surface area (Å²) in [5.41, 5.74) is 1.43. The number of benzene rings is 1. The molecule has 4 heteroatoms. The Labute approximate surface area is 125 Å². The predicted molar refractivity (Wildman–Crippen MR) is 82.9 cm³/mol. The van der Waals surface area contributed by atoms with Crippen LogP contribution in [0.5, 0.6) is 0 Å². The second-order valence-electron chi connectivity index (χ2n) is 5.61. The Morgan fingerprint density at radius 2 is 2.19 bits per heavy atom. The molecule has 2 rings (SSSR count). The van der Waals surface area contributed by atoms with Gasteiger partial charge in [-0.1, -0.05) is 13.3 Å². The number of carbonyl (C=O) groups is 1. The Morgan fingerprint density at radius 1 is 1.38 bits per heavy atom. The van der Waals surface area contributed by atoms with Crippen LogP contribution in [-0.2, 0) is 4.79 Å². The van der Waals surface area contributed by atoms with Gasteiger partial charge in [0.2, 0.25) is 0 Å². The average Bonchev–Trinajstić information content (AvgIpc) is 2.70. The fraction of sp³-hybridized carbons (Fsp3) is 0.471. The number of halogens is 1. The summed E-state index contributed by atoms with van der Waals surface area (Å²) in [6.07, 6.45) is 7.15. The van der Waals surface area contributed by atoms with Crippen LogP contribution in [0.2, 0.25) is 0 Å². The van der Waals surface area contributed by atoms with Crippen LogP contribution < -0.4 is 4.90 Å². The summed E-state index contributed by atoms with van der Waals surface area (Å²) in [6.45, 7) is 4.09. The molecule has 1 atom stereocenters. The van der Waals surface area contributed by atoms with Gasteiger partial charge >= 0.3 is 5.97 Å². The van der Waals surface area contributed by atoms with E-state index >= 15 is 0 Å². The summed E-state index contributed by atoms with van der Waals surface area (Å²) in [6, 6.07) is 4.74. The molecule has 0 aromatic heterocycles. The van der Waals surface area contributed by atoms with Crippen molar-refractivity contribution in [2.45, 2.75) is 32.6 Å². The van der Waals surface area contributed by atoms with Crippen molar-refractivity contribution in [3.8, 4) is 0 Å². The van der Waals surface area contributed by atoms with Crippen LogP contribution in [0.4, 0.5) is 10.1 Å². The Balaban J connectivity index is 2.17. The number of carboxylic acids is 1. The van der Waals surface area contributed by atoms with Gasteiger partial charge in [0, 0.05) is 24.9 Å². The molecule has 1 heterocycles. The molecule has 0 saturated carbocycles. The first-order valence-electron chi connectivity index (χ1n) is 7.55. The van der Waals surface area contributed by atoms with Gasteiger partial charge in [-0.3, -0.25) is 0 Å². The molecule has 1 unspecified atom stereocenters. The first kappa shape index (κ1) is 15.5. The number of anilines is 1. The second kappa shape index (κ2) is 7.25. The summed E-state index contributed by atoms with van der Waals surface area (Å²) in [5.74, 6) is -0.592. The van der Waals surface area contributed by atoms with Crippen LogP contribution in [0.25, 0.3) is 6.08 Å². The van der Waals surface area contributed by atoms with Gasteiger partial charge < -0.3 is 10.0 Å². The number of nitrogens with zero attached hydrogens (tertiary/aromatic N) is 1. The molecule has 1 aliphatic rings. The lowest BCUT2D eigenvalue weighted by molar-refractivity contribution is -0.131. The molecule has 1 N–H and O–H groups in total.